The van der Waals surface area contributed by atoms with Gasteiger partial charge in [0, 0.05) is 18.6 Å². The van der Waals surface area contributed by atoms with Gasteiger partial charge in [0.2, 0.25) is 0 Å². The molecule has 1 atom stereocenters. The van der Waals surface area contributed by atoms with E-state index in [-0.39, 0.29) is 11.0 Å². The molecule has 0 rings (SSSR count). The lowest BCUT2D eigenvalue weighted by Crippen LogP contribution is -2.46. The van der Waals surface area contributed by atoms with Gasteiger partial charge < -0.3 is 9.47 Å². The summed E-state index contributed by atoms with van der Waals surface area (Å²) < 4.78 is 11.2. The highest BCUT2D eigenvalue weighted by Gasteiger charge is 2.44. The van der Waals surface area contributed by atoms with Gasteiger partial charge in [-0.05, 0) is 25.7 Å². The maximum Gasteiger partial charge on any atom is 0.139 e. The molecule has 0 radical (unpaired) electrons. The van der Waals surface area contributed by atoms with Crippen molar-refractivity contribution in [3.8, 4) is 0 Å². The lowest BCUT2D eigenvalue weighted by atomic mass is 9.70. The first kappa shape index (κ1) is 16.2. The van der Waals surface area contributed by atoms with Crippen LogP contribution in [0.3, 0.4) is 0 Å². The van der Waals surface area contributed by atoms with E-state index in [4.69, 9.17) is 21.1 Å². The second-order valence-corrected chi connectivity index (χ2v) is 5.23. The number of ether oxygens (including phenoxy) is 2. The maximum atomic E-state index is 6.43. The molecule has 0 spiro atoms. The fourth-order valence-electron chi connectivity index (χ4n) is 2.17. The topological polar surface area (TPSA) is 18.5 Å². The molecule has 0 N–H and O–H groups in total. The Balaban J connectivity index is 4.92. The monoisotopic (exact) mass is 250 g/mol. The quantitative estimate of drug-likeness (QED) is 0.608. The molecule has 0 aliphatic heterocycles. The standard InChI is InChI=1S/C13H27ClO2/c1-7-15-9-13(10(3)4,11(5)6)12(14)16-8-2/h10-12H,7-9H2,1-6H3. The Morgan fingerprint density at radius 1 is 1.00 bits per heavy atom. The lowest BCUT2D eigenvalue weighted by Gasteiger charge is -2.44. The minimum Gasteiger partial charge on any atom is -0.381 e. The minimum absolute atomic E-state index is 0.117. The van der Waals surface area contributed by atoms with Gasteiger partial charge >= 0.3 is 0 Å². The third kappa shape index (κ3) is 3.61. The summed E-state index contributed by atoms with van der Waals surface area (Å²) in [4.78, 5) is 0. The van der Waals surface area contributed by atoms with Gasteiger partial charge in [0.25, 0.3) is 0 Å². The molecular weight excluding hydrogens is 224 g/mol. The van der Waals surface area contributed by atoms with E-state index in [2.05, 4.69) is 27.7 Å². The van der Waals surface area contributed by atoms with Crippen LogP contribution in [0.25, 0.3) is 0 Å². The zero-order valence-electron chi connectivity index (χ0n) is 11.5. The molecule has 0 aromatic rings. The van der Waals surface area contributed by atoms with Crippen molar-refractivity contribution in [1.29, 1.82) is 0 Å². The smallest absolute Gasteiger partial charge is 0.139 e. The van der Waals surface area contributed by atoms with Gasteiger partial charge in [-0.15, -0.1) is 0 Å². The van der Waals surface area contributed by atoms with Gasteiger partial charge in [0.1, 0.15) is 5.56 Å². The molecule has 0 aromatic carbocycles. The van der Waals surface area contributed by atoms with Gasteiger partial charge in [-0.3, -0.25) is 0 Å². The fraction of sp³-hybridized carbons (Fsp3) is 1.00. The van der Waals surface area contributed by atoms with Crippen LogP contribution >= 0.6 is 11.6 Å². The van der Waals surface area contributed by atoms with Gasteiger partial charge in [-0.2, -0.15) is 0 Å². The van der Waals surface area contributed by atoms with Crippen molar-refractivity contribution in [2.24, 2.45) is 17.3 Å². The first-order valence-corrected chi connectivity index (χ1v) is 6.70. The van der Waals surface area contributed by atoms with Gasteiger partial charge in [0.15, 0.2) is 0 Å². The van der Waals surface area contributed by atoms with Crippen LogP contribution in [0.1, 0.15) is 41.5 Å². The maximum absolute atomic E-state index is 6.43. The molecule has 0 aromatic heterocycles. The molecule has 1 unspecified atom stereocenters. The van der Waals surface area contributed by atoms with E-state index in [1.807, 2.05) is 13.8 Å². The molecule has 98 valence electrons. The van der Waals surface area contributed by atoms with Crippen LogP contribution in [-0.4, -0.2) is 25.4 Å². The summed E-state index contributed by atoms with van der Waals surface area (Å²) in [6.07, 6.45) is 0. The second kappa shape index (κ2) is 7.52. The van der Waals surface area contributed by atoms with Crippen LogP contribution in [0.15, 0.2) is 0 Å². The van der Waals surface area contributed by atoms with Crippen molar-refractivity contribution in [1.82, 2.24) is 0 Å². The van der Waals surface area contributed by atoms with Gasteiger partial charge in [0.05, 0.1) is 6.61 Å². The zero-order valence-corrected chi connectivity index (χ0v) is 12.3. The number of hydrogen-bond acceptors (Lipinski definition) is 2. The Morgan fingerprint density at radius 2 is 1.50 bits per heavy atom. The Kier molecular flexibility index (Phi) is 7.62. The zero-order chi connectivity index (χ0) is 12.8. The average molecular weight is 251 g/mol. The molecule has 0 amide bonds. The number of halogens is 1. The van der Waals surface area contributed by atoms with Crippen molar-refractivity contribution >= 4 is 11.6 Å². The Bertz CT molecular complexity index is 173. The molecule has 0 saturated heterocycles. The van der Waals surface area contributed by atoms with Crippen molar-refractivity contribution in [3.63, 3.8) is 0 Å². The Morgan fingerprint density at radius 3 is 1.81 bits per heavy atom. The number of rotatable bonds is 8. The highest BCUT2D eigenvalue weighted by molar-refractivity contribution is 6.20. The van der Waals surface area contributed by atoms with Crippen molar-refractivity contribution in [2.45, 2.75) is 47.1 Å². The Hall–Kier alpha value is 0.210. The van der Waals surface area contributed by atoms with Crippen LogP contribution in [-0.2, 0) is 9.47 Å². The van der Waals surface area contributed by atoms with Gasteiger partial charge in [-0.1, -0.05) is 39.3 Å². The minimum atomic E-state index is -0.288. The molecule has 16 heavy (non-hydrogen) atoms. The van der Waals surface area contributed by atoms with Crippen molar-refractivity contribution in [3.05, 3.63) is 0 Å². The van der Waals surface area contributed by atoms with E-state index in [0.717, 1.165) is 6.61 Å². The summed E-state index contributed by atoms with van der Waals surface area (Å²) in [5, 5.41) is 0. The number of alkyl halides is 1. The van der Waals surface area contributed by atoms with Crippen LogP contribution < -0.4 is 0 Å². The summed E-state index contributed by atoms with van der Waals surface area (Å²) in [7, 11) is 0. The van der Waals surface area contributed by atoms with Crippen LogP contribution in [0.5, 0.6) is 0 Å². The molecule has 3 heteroatoms. The molecule has 0 fully saturated rings. The summed E-state index contributed by atoms with van der Waals surface area (Å²) in [6.45, 7) is 14.8. The van der Waals surface area contributed by atoms with Gasteiger partial charge in [-0.25, -0.2) is 0 Å². The van der Waals surface area contributed by atoms with E-state index < -0.39 is 0 Å². The second-order valence-electron chi connectivity index (χ2n) is 4.83. The molecule has 0 bridgehead atoms. The van der Waals surface area contributed by atoms with E-state index >= 15 is 0 Å². The van der Waals surface area contributed by atoms with Crippen LogP contribution in [0.4, 0.5) is 0 Å². The highest BCUT2D eigenvalue weighted by Crippen LogP contribution is 2.42. The van der Waals surface area contributed by atoms with Crippen molar-refractivity contribution in [2.75, 3.05) is 19.8 Å². The molecule has 0 heterocycles. The summed E-state index contributed by atoms with van der Waals surface area (Å²) in [5.74, 6) is 0.848. The first-order chi connectivity index (χ1) is 7.43. The fourth-order valence-corrected chi connectivity index (χ4v) is 2.86. The molecule has 0 aliphatic carbocycles. The predicted octanol–water partition coefficient (Wildman–Crippen LogP) is 3.92. The van der Waals surface area contributed by atoms with E-state index in [1.165, 1.54) is 0 Å². The van der Waals surface area contributed by atoms with E-state index in [9.17, 15) is 0 Å². The lowest BCUT2D eigenvalue weighted by molar-refractivity contribution is -0.0904. The SMILES string of the molecule is CCOCC(C(C)C)(C(C)C)C(Cl)OCC. The average Bonchev–Trinajstić information content (AvgIpc) is 2.18. The summed E-state index contributed by atoms with van der Waals surface area (Å²) in [5.41, 5.74) is -0.405. The molecule has 0 aliphatic rings. The largest absolute Gasteiger partial charge is 0.381 e. The Labute approximate surface area is 106 Å². The summed E-state index contributed by atoms with van der Waals surface area (Å²) in [6, 6.07) is 0. The third-order valence-corrected chi connectivity index (χ3v) is 3.97. The predicted molar refractivity (Wildman–Crippen MR) is 69.9 cm³/mol. The van der Waals surface area contributed by atoms with Crippen LogP contribution in [0, 0.1) is 17.3 Å². The molecular formula is C13H27ClO2. The van der Waals surface area contributed by atoms with E-state index in [1.54, 1.807) is 0 Å². The highest BCUT2D eigenvalue weighted by atomic mass is 35.5. The number of hydrogen-bond donors (Lipinski definition) is 0. The summed E-state index contributed by atoms with van der Waals surface area (Å²) >= 11 is 6.43. The van der Waals surface area contributed by atoms with E-state index in [0.29, 0.717) is 25.0 Å². The van der Waals surface area contributed by atoms with Crippen molar-refractivity contribution < 1.29 is 9.47 Å². The molecule has 0 saturated carbocycles. The van der Waals surface area contributed by atoms with Crippen LogP contribution in [0.2, 0.25) is 0 Å². The third-order valence-electron chi connectivity index (χ3n) is 3.44. The normalized spacial score (nSPS) is 14.8. The molecule has 2 nitrogen and oxygen atoms in total. The first-order valence-electron chi connectivity index (χ1n) is 6.26.